The largest absolute Gasteiger partial charge is 0.497 e. The fourth-order valence-corrected chi connectivity index (χ4v) is 3.23. The summed E-state index contributed by atoms with van der Waals surface area (Å²) in [4.78, 5) is 26.1. The lowest BCUT2D eigenvalue weighted by Crippen LogP contribution is -2.27. The van der Waals surface area contributed by atoms with Crippen LogP contribution in [0.3, 0.4) is 0 Å². The standard InChI is InChI=1S/C19H19NO4/c1-12(21)20-11-16(13-7-5-4-6-8-13)18-15(19(22)24-3)9-14(23-2)10-17(18)20/h4-10,16H,11H2,1-3H3. The molecule has 1 aliphatic heterocycles. The van der Waals surface area contributed by atoms with Crippen molar-refractivity contribution < 1.29 is 19.1 Å². The van der Waals surface area contributed by atoms with Gasteiger partial charge in [0.05, 0.1) is 25.5 Å². The summed E-state index contributed by atoms with van der Waals surface area (Å²) in [6, 6.07) is 13.3. The van der Waals surface area contributed by atoms with Crippen molar-refractivity contribution in [3.05, 3.63) is 59.2 Å². The molecule has 0 aliphatic carbocycles. The lowest BCUT2D eigenvalue weighted by Gasteiger charge is -2.16. The maximum atomic E-state index is 12.3. The first-order chi connectivity index (χ1) is 11.6. The highest BCUT2D eigenvalue weighted by atomic mass is 16.5. The first kappa shape index (κ1) is 16.1. The van der Waals surface area contributed by atoms with Gasteiger partial charge in [-0.05, 0) is 17.2 Å². The molecule has 0 aromatic heterocycles. The Labute approximate surface area is 140 Å². The zero-order valence-corrected chi connectivity index (χ0v) is 13.9. The SMILES string of the molecule is COC(=O)c1cc(OC)cc2c1C(c1ccccc1)CN2C(C)=O. The average molecular weight is 325 g/mol. The molecule has 5 heteroatoms. The van der Waals surface area contributed by atoms with Crippen LogP contribution in [0.1, 0.15) is 34.3 Å². The molecule has 2 aromatic carbocycles. The third-order valence-corrected chi connectivity index (χ3v) is 4.36. The van der Waals surface area contributed by atoms with Crippen molar-refractivity contribution in [2.45, 2.75) is 12.8 Å². The van der Waals surface area contributed by atoms with Gasteiger partial charge in [-0.3, -0.25) is 4.79 Å². The van der Waals surface area contributed by atoms with Crippen molar-refractivity contribution in [2.75, 3.05) is 25.7 Å². The van der Waals surface area contributed by atoms with Crippen molar-refractivity contribution >= 4 is 17.6 Å². The quantitative estimate of drug-likeness (QED) is 0.814. The lowest BCUT2D eigenvalue weighted by atomic mass is 9.89. The number of carbonyl (C=O) groups excluding carboxylic acids is 2. The summed E-state index contributed by atoms with van der Waals surface area (Å²) in [6.07, 6.45) is 0. The molecular formula is C19H19NO4. The van der Waals surface area contributed by atoms with Crippen molar-refractivity contribution in [1.82, 2.24) is 0 Å². The molecule has 0 saturated heterocycles. The van der Waals surface area contributed by atoms with Crippen LogP contribution < -0.4 is 9.64 Å². The normalized spacial score (nSPS) is 15.8. The third kappa shape index (κ3) is 2.62. The van der Waals surface area contributed by atoms with Crippen molar-refractivity contribution in [3.63, 3.8) is 0 Å². The van der Waals surface area contributed by atoms with E-state index in [-0.39, 0.29) is 11.8 Å². The second-order valence-corrected chi connectivity index (χ2v) is 5.69. The van der Waals surface area contributed by atoms with Crippen LogP contribution in [0.4, 0.5) is 5.69 Å². The van der Waals surface area contributed by atoms with E-state index >= 15 is 0 Å². The number of fused-ring (bicyclic) bond motifs is 1. The number of hydrogen-bond acceptors (Lipinski definition) is 4. The van der Waals surface area contributed by atoms with Crippen LogP contribution in [0.2, 0.25) is 0 Å². The number of hydrogen-bond donors (Lipinski definition) is 0. The lowest BCUT2D eigenvalue weighted by molar-refractivity contribution is -0.116. The van der Waals surface area contributed by atoms with Crippen LogP contribution in [0.15, 0.2) is 42.5 Å². The summed E-state index contributed by atoms with van der Waals surface area (Å²) >= 11 is 0. The molecule has 1 aliphatic rings. The van der Waals surface area contributed by atoms with E-state index in [0.717, 1.165) is 11.1 Å². The molecule has 0 spiro atoms. The summed E-state index contributed by atoms with van der Waals surface area (Å²) in [5.41, 5.74) is 3.00. The molecule has 0 N–H and O–H groups in total. The van der Waals surface area contributed by atoms with Crippen LogP contribution in [-0.4, -0.2) is 32.6 Å². The summed E-state index contributed by atoms with van der Waals surface area (Å²) in [5, 5.41) is 0. The second kappa shape index (κ2) is 6.35. The number of methoxy groups -OCH3 is 2. The molecule has 124 valence electrons. The summed E-state index contributed by atoms with van der Waals surface area (Å²) in [5.74, 6) is -0.0607. The number of amides is 1. The first-order valence-electron chi connectivity index (χ1n) is 7.70. The van der Waals surface area contributed by atoms with Gasteiger partial charge < -0.3 is 14.4 Å². The number of anilines is 1. The molecular weight excluding hydrogens is 306 g/mol. The van der Waals surface area contributed by atoms with Gasteiger partial charge in [-0.15, -0.1) is 0 Å². The number of esters is 1. The number of nitrogens with zero attached hydrogens (tertiary/aromatic N) is 1. The Morgan fingerprint density at radius 1 is 1.12 bits per heavy atom. The van der Waals surface area contributed by atoms with Gasteiger partial charge in [-0.25, -0.2) is 4.79 Å². The molecule has 2 aromatic rings. The van der Waals surface area contributed by atoms with E-state index in [2.05, 4.69) is 0 Å². The van der Waals surface area contributed by atoms with Crippen molar-refractivity contribution in [3.8, 4) is 5.75 Å². The zero-order valence-electron chi connectivity index (χ0n) is 13.9. The van der Waals surface area contributed by atoms with Crippen LogP contribution in [0.25, 0.3) is 0 Å². The van der Waals surface area contributed by atoms with E-state index in [1.165, 1.54) is 21.1 Å². The smallest absolute Gasteiger partial charge is 0.338 e. The fourth-order valence-electron chi connectivity index (χ4n) is 3.23. The molecule has 1 heterocycles. The van der Waals surface area contributed by atoms with Gasteiger partial charge in [0.2, 0.25) is 5.91 Å². The molecule has 3 rings (SSSR count). The van der Waals surface area contributed by atoms with E-state index in [4.69, 9.17) is 9.47 Å². The number of rotatable bonds is 3. The Balaban J connectivity index is 2.24. The molecule has 1 atom stereocenters. The van der Waals surface area contributed by atoms with Gasteiger partial charge in [0.1, 0.15) is 5.75 Å². The van der Waals surface area contributed by atoms with Crippen LogP contribution in [-0.2, 0) is 9.53 Å². The molecule has 0 radical (unpaired) electrons. The minimum Gasteiger partial charge on any atom is -0.497 e. The van der Waals surface area contributed by atoms with E-state index < -0.39 is 5.97 Å². The Morgan fingerprint density at radius 3 is 2.42 bits per heavy atom. The van der Waals surface area contributed by atoms with Crippen LogP contribution >= 0.6 is 0 Å². The number of carbonyl (C=O) groups is 2. The average Bonchev–Trinajstić information content (AvgIpc) is 3.00. The summed E-state index contributed by atoms with van der Waals surface area (Å²) < 4.78 is 10.2. The van der Waals surface area contributed by atoms with E-state index in [9.17, 15) is 9.59 Å². The predicted octanol–water partition coefficient (Wildman–Crippen LogP) is 2.98. The van der Waals surface area contributed by atoms with Crippen LogP contribution in [0.5, 0.6) is 5.75 Å². The maximum absolute atomic E-state index is 12.3. The van der Waals surface area contributed by atoms with Gasteiger partial charge >= 0.3 is 5.97 Å². The highest BCUT2D eigenvalue weighted by Gasteiger charge is 2.36. The Hall–Kier alpha value is -2.82. The fraction of sp³-hybridized carbons (Fsp3) is 0.263. The number of ether oxygens (including phenoxy) is 2. The van der Waals surface area contributed by atoms with Gasteiger partial charge in [0.25, 0.3) is 0 Å². The van der Waals surface area contributed by atoms with Gasteiger partial charge in [0.15, 0.2) is 0 Å². The van der Waals surface area contributed by atoms with E-state index in [1.54, 1.807) is 17.0 Å². The Bertz CT molecular complexity index is 785. The molecule has 1 unspecified atom stereocenters. The Morgan fingerprint density at radius 2 is 1.83 bits per heavy atom. The third-order valence-electron chi connectivity index (χ3n) is 4.36. The molecule has 5 nitrogen and oxygen atoms in total. The minimum atomic E-state index is -0.434. The highest BCUT2D eigenvalue weighted by Crippen LogP contribution is 2.44. The van der Waals surface area contributed by atoms with Gasteiger partial charge in [0, 0.05) is 25.5 Å². The van der Waals surface area contributed by atoms with Crippen molar-refractivity contribution in [2.24, 2.45) is 0 Å². The van der Waals surface area contributed by atoms with Crippen molar-refractivity contribution in [1.29, 1.82) is 0 Å². The Kier molecular flexibility index (Phi) is 4.25. The molecule has 24 heavy (non-hydrogen) atoms. The topological polar surface area (TPSA) is 55.8 Å². The minimum absolute atomic E-state index is 0.0706. The zero-order chi connectivity index (χ0) is 17.3. The van der Waals surface area contributed by atoms with Gasteiger partial charge in [-0.1, -0.05) is 30.3 Å². The van der Waals surface area contributed by atoms with Crippen LogP contribution in [0, 0.1) is 0 Å². The summed E-state index contributed by atoms with van der Waals surface area (Å²) in [7, 11) is 2.88. The molecule has 0 fully saturated rings. The molecule has 0 bridgehead atoms. The maximum Gasteiger partial charge on any atom is 0.338 e. The van der Waals surface area contributed by atoms with E-state index in [0.29, 0.717) is 23.5 Å². The monoisotopic (exact) mass is 325 g/mol. The number of benzene rings is 2. The van der Waals surface area contributed by atoms with Gasteiger partial charge in [-0.2, -0.15) is 0 Å². The highest BCUT2D eigenvalue weighted by molar-refractivity contribution is 6.00. The second-order valence-electron chi connectivity index (χ2n) is 5.69. The molecule has 1 amide bonds. The molecule has 0 saturated carbocycles. The summed E-state index contributed by atoms with van der Waals surface area (Å²) in [6.45, 7) is 2.01. The van der Waals surface area contributed by atoms with E-state index in [1.807, 2.05) is 30.3 Å². The predicted molar refractivity (Wildman–Crippen MR) is 90.6 cm³/mol. The first-order valence-corrected chi connectivity index (χ1v) is 7.70.